The summed E-state index contributed by atoms with van der Waals surface area (Å²) in [6.07, 6.45) is -0.277. The van der Waals surface area contributed by atoms with Gasteiger partial charge in [0.05, 0.1) is 12.7 Å². The van der Waals surface area contributed by atoms with Gasteiger partial charge >= 0.3 is 6.03 Å². The Bertz CT molecular complexity index is 672. The van der Waals surface area contributed by atoms with Crippen LogP contribution in [0.2, 0.25) is 0 Å². The van der Waals surface area contributed by atoms with Crippen molar-refractivity contribution in [1.82, 2.24) is 10.2 Å². The fourth-order valence-electron chi connectivity index (χ4n) is 2.93. The smallest absolute Gasteiger partial charge is 0.352 e. The first kappa shape index (κ1) is 15.5. The summed E-state index contributed by atoms with van der Waals surface area (Å²) in [6.45, 7) is 3.18. The number of fused-ring (bicyclic) bond motifs is 1. The molecule has 122 valence electrons. The molecule has 0 aromatic rings. The Morgan fingerprint density at radius 1 is 1.52 bits per heavy atom. The number of aliphatic hydroxyl groups excluding tert-OH is 2. The van der Waals surface area contributed by atoms with Crippen molar-refractivity contribution in [3.63, 3.8) is 0 Å². The van der Waals surface area contributed by atoms with Gasteiger partial charge in [-0.1, -0.05) is 6.08 Å². The third-order valence-electron chi connectivity index (χ3n) is 3.87. The van der Waals surface area contributed by atoms with Crippen molar-refractivity contribution in [2.45, 2.75) is 30.8 Å². The second-order valence-electron chi connectivity index (χ2n) is 5.37. The number of urea groups is 1. The number of aliphatic hydroxyl groups is 2. The SMILES string of the molecule is C=CC[C@]1(N2C(=O)N=C3C(=O)NC(=N)N=C32)C[C@H](O)[C@@H](CO)O1. The minimum Gasteiger partial charge on any atom is -0.394 e. The first-order valence-electron chi connectivity index (χ1n) is 6.91. The van der Waals surface area contributed by atoms with Crippen LogP contribution in [0.15, 0.2) is 22.6 Å². The van der Waals surface area contributed by atoms with E-state index in [1.165, 1.54) is 6.08 Å². The highest BCUT2D eigenvalue weighted by molar-refractivity contribution is 6.72. The van der Waals surface area contributed by atoms with Crippen LogP contribution in [0.25, 0.3) is 0 Å². The summed E-state index contributed by atoms with van der Waals surface area (Å²) in [5.74, 6) is -1.23. The number of aliphatic imine (C=N–C) groups is 2. The first-order chi connectivity index (χ1) is 10.9. The van der Waals surface area contributed by atoms with E-state index in [9.17, 15) is 19.8 Å². The number of ether oxygens (including phenoxy) is 1. The Labute approximate surface area is 130 Å². The molecule has 1 fully saturated rings. The van der Waals surface area contributed by atoms with E-state index >= 15 is 0 Å². The van der Waals surface area contributed by atoms with Crippen LogP contribution in [0, 0.1) is 5.41 Å². The molecule has 10 heteroatoms. The highest BCUT2D eigenvalue weighted by atomic mass is 16.6. The fraction of sp³-hybridized carbons (Fsp3) is 0.462. The molecule has 0 aliphatic carbocycles. The number of amidine groups is 1. The molecule has 3 heterocycles. The lowest BCUT2D eigenvalue weighted by molar-refractivity contribution is -0.115. The summed E-state index contributed by atoms with van der Waals surface area (Å²) < 4.78 is 5.70. The van der Waals surface area contributed by atoms with Crippen molar-refractivity contribution in [2.75, 3.05) is 6.61 Å². The van der Waals surface area contributed by atoms with Crippen LogP contribution in [-0.2, 0) is 9.53 Å². The lowest BCUT2D eigenvalue weighted by Crippen LogP contribution is -2.56. The number of hydrogen-bond acceptors (Lipinski definition) is 6. The molecule has 3 aliphatic rings. The van der Waals surface area contributed by atoms with E-state index < -0.39 is 42.4 Å². The molecule has 3 rings (SSSR count). The Balaban J connectivity index is 2.05. The summed E-state index contributed by atoms with van der Waals surface area (Å²) in [7, 11) is 0. The predicted molar refractivity (Wildman–Crippen MR) is 78.1 cm³/mol. The van der Waals surface area contributed by atoms with E-state index in [-0.39, 0.29) is 24.4 Å². The molecule has 3 aliphatic heterocycles. The zero-order chi connectivity index (χ0) is 16.8. The summed E-state index contributed by atoms with van der Waals surface area (Å²) in [5.41, 5.74) is -1.58. The zero-order valence-corrected chi connectivity index (χ0v) is 12.0. The minimum atomic E-state index is -1.37. The van der Waals surface area contributed by atoms with Gasteiger partial charge < -0.3 is 14.9 Å². The maximum Gasteiger partial charge on any atom is 0.352 e. The largest absolute Gasteiger partial charge is 0.394 e. The fourth-order valence-corrected chi connectivity index (χ4v) is 2.93. The third-order valence-corrected chi connectivity index (χ3v) is 3.87. The van der Waals surface area contributed by atoms with E-state index in [4.69, 9.17) is 10.1 Å². The van der Waals surface area contributed by atoms with E-state index in [0.29, 0.717) is 0 Å². The number of guanidine groups is 1. The lowest BCUT2D eigenvalue weighted by atomic mass is 10.0. The predicted octanol–water partition coefficient (Wildman–Crippen LogP) is -1.26. The molecule has 3 atom stereocenters. The molecule has 1 saturated heterocycles. The van der Waals surface area contributed by atoms with Crippen molar-refractivity contribution in [3.05, 3.63) is 12.7 Å². The van der Waals surface area contributed by atoms with Gasteiger partial charge in [0.25, 0.3) is 5.91 Å². The van der Waals surface area contributed by atoms with E-state index in [1.54, 1.807) is 0 Å². The molecule has 23 heavy (non-hydrogen) atoms. The number of rotatable bonds is 4. The minimum absolute atomic E-state index is 0.00718. The second kappa shape index (κ2) is 5.33. The summed E-state index contributed by atoms with van der Waals surface area (Å²) in [6, 6.07) is -0.781. The Morgan fingerprint density at radius 3 is 2.87 bits per heavy atom. The number of nitrogens with one attached hydrogen (secondary N) is 2. The molecule has 0 spiro atoms. The third kappa shape index (κ3) is 2.27. The first-order valence-corrected chi connectivity index (χ1v) is 6.91. The van der Waals surface area contributed by atoms with Crippen LogP contribution in [0.3, 0.4) is 0 Å². The van der Waals surface area contributed by atoms with Crippen molar-refractivity contribution in [1.29, 1.82) is 5.41 Å². The van der Waals surface area contributed by atoms with Gasteiger partial charge in [-0.2, -0.15) is 9.98 Å². The maximum atomic E-state index is 12.3. The van der Waals surface area contributed by atoms with Crippen LogP contribution >= 0.6 is 0 Å². The molecular formula is C13H15N5O5. The summed E-state index contributed by atoms with van der Waals surface area (Å²) in [4.78, 5) is 32.7. The lowest BCUT2D eigenvalue weighted by Gasteiger charge is -2.37. The topological polar surface area (TPSA) is 148 Å². The standard InChI is InChI=1S/C13H15N5O5/c1-2-3-13(4-6(20)7(5-19)23-13)18-9-8(15-12(18)22)10(21)17-11(14)16-9/h2,6-7,19-20H,1,3-5H2,(H2,14,17,21)/t6-,7+,13+/m0/s1. The van der Waals surface area contributed by atoms with Crippen LogP contribution in [0.1, 0.15) is 12.8 Å². The second-order valence-corrected chi connectivity index (χ2v) is 5.37. The monoisotopic (exact) mass is 321 g/mol. The average Bonchev–Trinajstić information content (AvgIpc) is 2.97. The molecule has 0 saturated carbocycles. The van der Waals surface area contributed by atoms with Gasteiger partial charge in [-0.3, -0.25) is 15.5 Å². The van der Waals surface area contributed by atoms with Crippen molar-refractivity contribution in [2.24, 2.45) is 9.98 Å². The van der Waals surface area contributed by atoms with Crippen LogP contribution in [-0.4, -0.2) is 69.1 Å². The van der Waals surface area contributed by atoms with E-state index in [1.807, 2.05) is 0 Å². The number of carbonyl (C=O) groups excluding carboxylic acids is 2. The number of hydrogen-bond donors (Lipinski definition) is 4. The van der Waals surface area contributed by atoms with Gasteiger partial charge in [-0.25, -0.2) is 9.69 Å². The average molecular weight is 321 g/mol. The van der Waals surface area contributed by atoms with Crippen LogP contribution < -0.4 is 5.32 Å². The molecule has 0 aromatic heterocycles. The Morgan fingerprint density at radius 2 is 2.26 bits per heavy atom. The summed E-state index contributed by atoms with van der Waals surface area (Å²) >= 11 is 0. The molecule has 0 aromatic carbocycles. The number of amides is 3. The molecule has 0 unspecified atom stereocenters. The van der Waals surface area contributed by atoms with Gasteiger partial charge in [0.1, 0.15) is 6.10 Å². The van der Waals surface area contributed by atoms with Crippen molar-refractivity contribution >= 4 is 29.4 Å². The Hall–Kier alpha value is -2.43. The van der Waals surface area contributed by atoms with Crippen LogP contribution in [0.5, 0.6) is 0 Å². The van der Waals surface area contributed by atoms with E-state index in [0.717, 1.165) is 4.90 Å². The van der Waals surface area contributed by atoms with Gasteiger partial charge in [-0.05, 0) is 0 Å². The van der Waals surface area contributed by atoms with Gasteiger partial charge in [0, 0.05) is 12.8 Å². The van der Waals surface area contributed by atoms with Crippen LogP contribution in [0.4, 0.5) is 4.79 Å². The van der Waals surface area contributed by atoms with Crippen molar-refractivity contribution < 1.29 is 24.5 Å². The van der Waals surface area contributed by atoms with Gasteiger partial charge in [0.2, 0.25) is 5.96 Å². The molecular weight excluding hydrogens is 306 g/mol. The van der Waals surface area contributed by atoms with E-state index in [2.05, 4.69) is 21.9 Å². The van der Waals surface area contributed by atoms with Gasteiger partial charge in [-0.15, -0.1) is 6.58 Å². The molecule has 10 nitrogen and oxygen atoms in total. The van der Waals surface area contributed by atoms with Crippen molar-refractivity contribution in [3.8, 4) is 0 Å². The number of nitrogens with zero attached hydrogens (tertiary/aromatic N) is 3. The van der Waals surface area contributed by atoms with Gasteiger partial charge in [0.15, 0.2) is 17.3 Å². The number of carbonyl (C=O) groups is 2. The normalized spacial score (nSPS) is 33.3. The quantitative estimate of drug-likeness (QED) is 0.477. The molecule has 4 N–H and O–H groups in total. The molecule has 0 bridgehead atoms. The molecule has 3 amide bonds. The Kier molecular flexibility index (Phi) is 3.59. The highest BCUT2D eigenvalue weighted by Gasteiger charge is 2.56. The highest BCUT2D eigenvalue weighted by Crippen LogP contribution is 2.39. The summed E-state index contributed by atoms with van der Waals surface area (Å²) in [5, 5.41) is 29.0. The zero-order valence-electron chi connectivity index (χ0n) is 12.0. The molecule has 0 radical (unpaired) electrons. The maximum absolute atomic E-state index is 12.3.